The molecule has 3 nitrogen and oxygen atoms in total. The van der Waals surface area contributed by atoms with Crippen LogP contribution in [0.3, 0.4) is 0 Å². The van der Waals surface area contributed by atoms with Crippen molar-refractivity contribution in [2.45, 2.75) is 32.1 Å². The van der Waals surface area contributed by atoms with E-state index in [-0.39, 0.29) is 24.1 Å². The second-order valence-electron chi connectivity index (χ2n) is 5.14. The molecular formula is C14H20BrFN2O. The van der Waals surface area contributed by atoms with E-state index in [9.17, 15) is 4.39 Å². The fourth-order valence-electron chi connectivity index (χ4n) is 2.69. The Morgan fingerprint density at radius 2 is 2.05 bits per heavy atom. The molecule has 1 aliphatic rings. The molecule has 1 heterocycles. The average molecular weight is 331 g/mol. The van der Waals surface area contributed by atoms with E-state index in [0.29, 0.717) is 11.0 Å². The molecule has 0 aromatic heterocycles. The maximum Gasteiger partial charge on any atom is 0.137 e. The molecule has 1 fully saturated rings. The Hall–Kier alpha value is -0.490. The van der Waals surface area contributed by atoms with Crippen molar-refractivity contribution in [2.75, 3.05) is 19.6 Å². The average Bonchev–Trinajstić information content (AvgIpc) is 2.33. The van der Waals surface area contributed by atoms with Gasteiger partial charge in [-0.3, -0.25) is 4.90 Å². The van der Waals surface area contributed by atoms with Gasteiger partial charge in [0.1, 0.15) is 5.82 Å². The predicted octanol–water partition coefficient (Wildman–Crippen LogP) is 2.70. The minimum absolute atomic E-state index is 0.0383. The number of rotatable bonds is 3. The van der Waals surface area contributed by atoms with Gasteiger partial charge in [-0.25, -0.2) is 4.39 Å². The number of halogens is 2. The van der Waals surface area contributed by atoms with Crippen LogP contribution in [0.4, 0.5) is 4.39 Å². The molecule has 3 unspecified atom stereocenters. The summed E-state index contributed by atoms with van der Waals surface area (Å²) in [5.41, 5.74) is 6.82. The molecule has 5 heteroatoms. The molecule has 0 amide bonds. The van der Waals surface area contributed by atoms with Crippen molar-refractivity contribution in [1.29, 1.82) is 0 Å². The first kappa shape index (κ1) is 14.9. The lowest BCUT2D eigenvalue weighted by Gasteiger charge is -2.40. The fourth-order valence-corrected chi connectivity index (χ4v) is 2.93. The number of nitrogens with two attached hydrogens (primary N) is 1. The first-order valence-corrected chi connectivity index (χ1v) is 7.35. The first-order chi connectivity index (χ1) is 9.01. The summed E-state index contributed by atoms with van der Waals surface area (Å²) < 4.78 is 19.9. The minimum Gasteiger partial charge on any atom is -0.373 e. The van der Waals surface area contributed by atoms with Crippen LogP contribution in [0, 0.1) is 5.82 Å². The van der Waals surface area contributed by atoms with Crippen molar-refractivity contribution in [1.82, 2.24) is 4.90 Å². The Balaban J connectivity index is 2.21. The van der Waals surface area contributed by atoms with Gasteiger partial charge in [0.25, 0.3) is 0 Å². The highest BCUT2D eigenvalue weighted by Crippen LogP contribution is 2.26. The summed E-state index contributed by atoms with van der Waals surface area (Å²) >= 11 is 3.18. The Labute approximate surface area is 122 Å². The van der Waals surface area contributed by atoms with Crippen LogP contribution in [0.25, 0.3) is 0 Å². The number of nitrogens with zero attached hydrogens (tertiary/aromatic N) is 1. The largest absolute Gasteiger partial charge is 0.373 e. The SMILES string of the molecule is CC1CN(C(CN)c2ccc(Br)c(F)c2)CC(C)O1. The Kier molecular flexibility index (Phi) is 4.95. The molecular weight excluding hydrogens is 311 g/mol. The van der Waals surface area contributed by atoms with Crippen LogP contribution >= 0.6 is 15.9 Å². The van der Waals surface area contributed by atoms with Crippen molar-refractivity contribution in [3.05, 3.63) is 34.1 Å². The molecule has 0 spiro atoms. The summed E-state index contributed by atoms with van der Waals surface area (Å²) in [7, 11) is 0. The van der Waals surface area contributed by atoms with Gasteiger partial charge in [0.15, 0.2) is 0 Å². The highest BCUT2D eigenvalue weighted by molar-refractivity contribution is 9.10. The van der Waals surface area contributed by atoms with Crippen molar-refractivity contribution >= 4 is 15.9 Å². The molecule has 1 aliphatic heterocycles. The third-order valence-corrected chi connectivity index (χ3v) is 4.08. The van der Waals surface area contributed by atoms with Crippen molar-refractivity contribution < 1.29 is 9.13 Å². The van der Waals surface area contributed by atoms with Crippen molar-refractivity contribution in [3.63, 3.8) is 0 Å². The first-order valence-electron chi connectivity index (χ1n) is 6.55. The van der Waals surface area contributed by atoms with Crippen LogP contribution in [0.2, 0.25) is 0 Å². The number of hydrogen-bond acceptors (Lipinski definition) is 3. The summed E-state index contributed by atoms with van der Waals surface area (Å²) in [6.07, 6.45) is 0.358. The molecule has 2 rings (SSSR count). The third-order valence-electron chi connectivity index (χ3n) is 3.44. The van der Waals surface area contributed by atoms with E-state index in [1.165, 1.54) is 0 Å². The number of ether oxygens (including phenoxy) is 1. The molecule has 2 N–H and O–H groups in total. The molecule has 0 radical (unpaired) electrons. The van der Waals surface area contributed by atoms with Crippen LogP contribution in [-0.2, 0) is 4.74 Å². The molecule has 19 heavy (non-hydrogen) atoms. The van der Waals surface area contributed by atoms with Gasteiger partial charge in [-0.1, -0.05) is 6.07 Å². The third kappa shape index (κ3) is 3.54. The van der Waals surface area contributed by atoms with Gasteiger partial charge in [-0.15, -0.1) is 0 Å². The van der Waals surface area contributed by atoms with Gasteiger partial charge in [0, 0.05) is 25.7 Å². The lowest BCUT2D eigenvalue weighted by molar-refractivity contribution is -0.0799. The van der Waals surface area contributed by atoms with Gasteiger partial charge in [-0.05, 0) is 47.5 Å². The van der Waals surface area contributed by atoms with E-state index in [1.807, 2.05) is 6.07 Å². The maximum absolute atomic E-state index is 13.7. The molecule has 1 aromatic rings. The summed E-state index contributed by atoms with van der Waals surface area (Å²) in [6.45, 7) is 6.23. The number of benzene rings is 1. The molecule has 3 atom stereocenters. The second kappa shape index (κ2) is 6.31. The zero-order valence-corrected chi connectivity index (χ0v) is 12.9. The topological polar surface area (TPSA) is 38.5 Å². The fraction of sp³-hybridized carbons (Fsp3) is 0.571. The Bertz CT molecular complexity index is 433. The van der Waals surface area contributed by atoms with E-state index in [4.69, 9.17) is 10.5 Å². The number of hydrogen-bond donors (Lipinski definition) is 1. The zero-order chi connectivity index (χ0) is 14.0. The molecule has 1 saturated heterocycles. The molecule has 0 saturated carbocycles. The van der Waals surface area contributed by atoms with E-state index in [0.717, 1.165) is 18.7 Å². The van der Waals surface area contributed by atoms with Gasteiger partial charge in [0.2, 0.25) is 0 Å². The van der Waals surface area contributed by atoms with Gasteiger partial charge in [-0.2, -0.15) is 0 Å². The molecule has 1 aromatic carbocycles. The van der Waals surface area contributed by atoms with Gasteiger partial charge in [0.05, 0.1) is 16.7 Å². The smallest absolute Gasteiger partial charge is 0.137 e. The predicted molar refractivity (Wildman–Crippen MR) is 77.5 cm³/mol. The number of morpholine rings is 1. The van der Waals surface area contributed by atoms with Crippen LogP contribution in [0.15, 0.2) is 22.7 Å². The second-order valence-corrected chi connectivity index (χ2v) is 5.99. The highest BCUT2D eigenvalue weighted by Gasteiger charge is 2.28. The van der Waals surface area contributed by atoms with E-state index in [1.54, 1.807) is 12.1 Å². The summed E-state index contributed by atoms with van der Waals surface area (Å²) in [5.74, 6) is -0.245. The monoisotopic (exact) mass is 330 g/mol. The van der Waals surface area contributed by atoms with Gasteiger partial charge < -0.3 is 10.5 Å². The van der Waals surface area contributed by atoms with E-state index < -0.39 is 0 Å². The van der Waals surface area contributed by atoms with Crippen LogP contribution in [0.5, 0.6) is 0 Å². The summed E-state index contributed by atoms with van der Waals surface area (Å²) in [5, 5.41) is 0. The Morgan fingerprint density at radius 3 is 2.58 bits per heavy atom. The maximum atomic E-state index is 13.7. The molecule has 0 bridgehead atoms. The molecule has 106 valence electrons. The van der Waals surface area contributed by atoms with Crippen molar-refractivity contribution in [3.8, 4) is 0 Å². The lowest BCUT2D eigenvalue weighted by Crippen LogP contribution is -2.48. The van der Waals surface area contributed by atoms with Crippen LogP contribution < -0.4 is 5.73 Å². The quantitative estimate of drug-likeness (QED) is 0.926. The van der Waals surface area contributed by atoms with Gasteiger partial charge >= 0.3 is 0 Å². The van der Waals surface area contributed by atoms with Crippen LogP contribution in [0.1, 0.15) is 25.5 Å². The summed E-state index contributed by atoms with van der Waals surface area (Å²) in [4.78, 5) is 2.28. The normalized spacial score (nSPS) is 26.4. The van der Waals surface area contributed by atoms with E-state index >= 15 is 0 Å². The summed E-state index contributed by atoms with van der Waals surface area (Å²) in [6, 6.07) is 5.26. The lowest BCUT2D eigenvalue weighted by atomic mass is 10.0. The standard InChI is InChI=1S/C14H20BrFN2O/c1-9-7-18(8-10(2)19-9)14(6-17)11-3-4-12(15)13(16)5-11/h3-5,9-10,14H,6-8,17H2,1-2H3. The minimum atomic E-state index is -0.245. The van der Waals surface area contributed by atoms with Crippen LogP contribution in [-0.4, -0.2) is 36.7 Å². The Morgan fingerprint density at radius 1 is 1.42 bits per heavy atom. The highest BCUT2D eigenvalue weighted by atomic mass is 79.9. The van der Waals surface area contributed by atoms with E-state index in [2.05, 4.69) is 34.7 Å². The van der Waals surface area contributed by atoms with Crippen molar-refractivity contribution in [2.24, 2.45) is 5.73 Å². The molecule has 0 aliphatic carbocycles. The zero-order valence-electron chi connectivity index (χ0n) is 11.3.